The third-order valence-corrected chi connectivity index (χ3v) is 5.66. The number of aliphatic hydroxyl groups is 1. The topological polar surface area (TPSA) is 69.2 Å². The number of benzene rings is 3. The lowest BCUT2D eigenvalue weighted by Crippen LogP contribution is -2.44. The molecule has 1 amide bonds. The van der Waals surface area contributed by atoms with E-state index in [-0.39, 0.29) is 12.5 Å². The maximum atomic E-state index is 13.2. The summed E-state index contributed by atoms with van der Waals surface area (Å²) in [6.45, 7) is 0.274. The van der Waals surface area contributed by atoms with Crippen molar-refractivity contribution in [1.82, 2.24) is 14.9 Å². The van der Waals surface area contributed by atoms with Crippen molar-refractivity contribution in [3.8, 4) is 0 Å². The standard InChI is InChI=1S/C22H15BrN3O2/c23-16-5-3-4-14(10-16)12-26-21(27)17-6-1-2-7-18(17)22(26,28)15-8-9-19-20(11-15)25-13-24-19/h1-11,28H,12H2,(H,24,25). The predicted molar refractivity (Wildman–Crippen MR) is 108 cm³/mol. The van der Waals surface area contributed by atoms with Gasteiger partial charge in [0.2, 0.25) is 0 Å². The van der Waals surface area contributed by atoms with Crippen LogP contribution in [0.3, 0.4) is 0 Å². The Labute approximate surface area is 169 Å². The van der Waals surface area contributed by atoms with E-state index in [9.17, 15) is 9.90 Å². The van der Waals surface area contributed by atoms with Gasteiger partial charge in [0.05, 0.1) is 11.0 Å². The normalized spacial score (nSPS) is 18.6. The third kappa shape index (κ3) is 2.49. The van der Waals surface area contributed by atoms with Crippen LogP contribution in [0.1, 0.15) is 27.0 Å². The number of carbonyl (C=O) groups is 1. The number of hydrogen-bond acceptors (Lipinski definition) is 3. The van der Waals surface area contributed by atoms with Crippen molar-refractivity contribution < 1.29 is 9.90 Å². The number of nitrogens with one attached hydrogen (secondary N) is 1. The van der Waals surface area contributed by atoms with Gasteiger partial charge in [-0.25, -0.2) is 4.98 Å². The van der Waals surface area contributed by atoms with Gasteiger partial charge in [0, 0.05) is 27.7 Å². The number of imidazole rings is 1. The van der Waals surface area contributed by atoms with Crippen LogP contribution in [0.4, 0.5) is 0 Å². The molecule has 1 aromatic heterocycles. The molecule has 0 bridgehead atoms. The Bertz CT molecular complexity index is 1220. The van der Waals surface area contributed by atoms with Gasteiger partial charge >= 0.3 is 0 Å². The quantitative estimate of drug-likeness (QED) is 0.514. The number of nitrogens with zero attached hydrogens (tertiary/aromatic N) is 2. The fourth-order valence-corrected chi connectivity index (χ4v) is 4.27. The molecule has 5 nitrogen and oxygen atoms in total. The minimum atomic E-state index is -1.57. The zero-order valence-corrected chi connectivity index (χ0v) is 16.3. The van der Waals surface area contributed by atoms with Crippen LogP contribution >= 0.6 is 15.9 Å². The van der Waals surface area contributed by atoms with Crippen LogP contribution in [0, 0.1) is 6.33 Å². The molecule has 137 valence electrons. The van der Waals surface area contributed by atoms with E-state index in [1.807, 2.05) is 48.5 Å². The summed E-state index contributed by atoms with van der Waals surface area (Å²) >= 11 is 3.47. The molecule has 2 N–H and O–H groups in total. The van der Waals surface area contributed by atoms with Crippen molar-refractivity contribution in [1.29, 1.82) is 0 Å². The Morgan fingerprint density at radius 1 is 1.11 bits per heavy atom. The predicted octanol–water partition coefficient (Wildman–Crippen LogP) is 3.97. The largest absolute Gasteiger partial charge is 0.363 e. The fourth-order valence-electron chi connectivity index (χ4n) is 3.83. The second kappa shape index (κ2) is 6.29. The Kier molecular flexibility index (Phi) is 3.86. The molecule has 1 aliphatic rings. The van der Waals surface area contributed by atoms with Gasteiger partial charge in [-0.05, 0) is 35.9 Å². The average Bonchev–Trinajstić information content (AvgIpc) is 3.26. The molecule has 0 aliphatic carbocycles. The highest BCUT2D eigenvalue weighted by Crippen LogP contribution is 2.43. The van der Waals surface area contributed by atoms with Gasteiger partial charge in [-0.1, -0.05) is 52.3 Å². The molecule has 0 spiro atoms. The van der Waals surface area contributed by atoms with Crippen LogP contribution in [0.5, 0.6) is 0 Å². The van der Waals surface area contributed by atoms with Crippen molar-refractivity contribution in [3.05, 3.63) is 99.8 Å². The van der Waals surface area contributed by atoms with Gasteiger partial charge in [0.15, 0.2) is 12.1 Å². The van der Waals surface area contributed by atoms with Crippen LogP contribution < -0.4 is 0 Å². The minimum absolute atomic E-state index is 0.200. The number of halogens is 1. The van der Waals surface area contributed by atoms with Crippen molar-refractivity contribution >= 4 is 32.9 Å². The second-order valence-corrected chi connectivity index (χ2v) is 7.74. The fraction of sp³-hybridized carbons (Fsp3) is 0.0909. The number of carbonyl (C=O) groups excluding carboxylic acids is 1. The Hall–Kier alpha value is -2.96. The number of rotatable bonds is 3. The first-order valence-corrected chi connectivity index (χ1v) is 9.61. The maximum absolute atomic E-state index is 13.2. The van der Waals surface area contributed by atoms with E-state index in [0.717, 1.165) is 21.1 Å². The average molecular weight is 433 g/mol. The summed E-state index contributed by atoms with van der Waals surface area (Å²) < 4.78 is 0.923. The first-order valence-electron chi connectivity index (χ1n) is 8.82. The first-order chi connectivity index (χ1) is 13.6. The maximum Gasteiger partial charge on any atom is 0.257 e. The Balaban J connectivity index is 1.69. The molecule has 1 atom stereocenters. The zero-order chi connectivity index (χ0) is 19.3. The third-order valence-electron chi connectivity index (χ3n) is 5.16. The number of aromatic amines is 1. The van der Waals surface area contributed by atoms with Crippen LogP contribution in [0.25, 0.3) is 11.0 Å². The SMILES string of the molecule is O=C1c2ccccc2C(O)(c2ccc3n[c][nH]c3c2)N1Cc1cccc(Br)c1. The van der Waals surface area contributed by atoms with Gasteiger partial charge in [0.1, 0.15) is 0 Å². The van der Waals surface area contributed by atoms with E-state index in [1.54, 1.807) is 18.2 Å². The molecule has 3 aromatic carbocycles. The summed E-state index contributed by atoms with van der Waals surface area (Å²) in [7, 11) is 0. The van der Waals surface area contributed by atoms with E-state index in [1.165, 1.54) is 4.90 Å². The van der Waals surface area contributed by atoms with Crippen LogP contribution in [0.2, 0.25) is 0 Å². The van der Waals surface area contributed by atoms with Crippen molar-refractivity contribution in [2.45, 2.75) is 12.3 Å². The summed E-state index contributed by atoms with van der Waals surface area (Å²) in [6.07, 6.45) is 2.71. The highest BCUT2D eigenvalue weighted by Gasteiger charge is 2.49. The second-order valence-electron chi connectivity index (χ2n) is 6.82. The molecule has 6 heteroatoms. The van der Waals surface area contributed by atoms with Gasteiger partial charge < -0.3 is 10.1 Å². The van der Waals surface area contributed by atoms with E-state index < -0.39 is 5.72 Å². The summed E-state index contributed by atoms with van der Waals surface area (Å²) in [5, 5.41) is 11.9. The number of aromatic nitrogens is 2. The summed E-state index contributed by atoms with van der Waals surface area (Å²) in [6, 6.07) is 20.4. The smallest absolute Gasteiger partial charge is 0.257 e. The molecular weight excluding hydrogens is 418 g/mol. The summed E-state index contributed by atoms with van der Waals surface area (Å²) in [5.74, 6) is -0.200. The number of fused-ring (bicyclic) bond motifs is 2. The summed E-state index contributed by atoms with van der Waals surface area (Å²) in [4.78, 5) is 21.8. The van der Waals surface area contributed by atoms with Crippen molar-refractivity contribution in [3.63, 3.8) is 0 Å². The van der Waals surface area contributed by atoms with E-state index in [2.05, 4.69) is 32.2 Å². The van der Waals surface area contributed by atoms with Crippen LogP contribution in [-0.4, -0.2) is 25.9 Å². The molecule has 5 rings (SSSR count). The van der Waals surface area contributed by atoms with Gasteiger partial charge in [-0.15, -0.1) is 0 Å². The first kappa shape index (κ1) is 17.2. The molecule has 4 aromatic rings. The van der Waals surface area contributed by atoms with Gasteiger partial charge in [-0.3, -0.25) is 9.69 Å². The summed E-state index contributed by atoms with van der Waals surface area (Å²) in [5.41, 5.74) is 2.55. The Morgan fingerprint density at radius 2 is 1.96 bits per heavy atom. The highest BCUT2D eigenvalue weighted by molar-refractivity contribution is 9.10. The van der Waals surface area contributed by atoms with Crippen LogP contribution in [0.15, 0.2) is 71.2 Å². The highest BCUT2D eigenvalue weighted by atomic mass is 79.9. The lowest BCUT2D eigenvalue weighted by atomic mass is 9.93. The van der Waals surface area contributed by atoms with Crippen molar-refractivity contribution in [2.75, 3.05) is 0 Å². The molecule has 28 heavy (non-hydrogen) atoms. The number of H-pyrrole nitrogens is 1. The molecule has 2 heterocycles. The molecule has 1 aliphatic heterocycles. The van der Waals surface area contributed by atoms with E-state index in [0.29, 0.717) is 16.7 Å². The lowest BCUT2D eigenvalue weighted by Gasteiger charge is -2.35. The molecule has 0 saturated heterocycles. The van der Waals surface area contributed by atoms with Crippen LogP contribution in [-0.2, 0) is 12.3 Å². The molecule has 1 radical (unpaired) electrons. The monoisotopic (exact) mass is 432 g/mol. The molecule has 1 unspecified atom stereocenters. The molecule has 0 saturated carbocycles. The minimum Gasteiger partial charge on any atom is -0.363 e. The number of amides is 1. The van der Waals surface area contributed by atoms with Gasteiger partial charge in [-0.2, -0.15) is 0 Å². The Morgan fingerprint density at radius 3 is 2.82 bits per heavy atom. The van der Waals surface area contributed by atoms with E-state index in [4.69, 9.17) is 0 Å². The zero-order valence-electron chi connectivity index (χ0n) is 14.7. The van der Waals surface area contributed by atoms with Gasteiger partial charge in [0.25, 0.3) is 5.91 Å². The number of hydrogen-bond donors (Lipinski definition) is 2. The molecule has 0 fully saturated rings. The van der Waals surface area contributed by atoms with E-state index >= 15 is 0 Å². The lowest BCUT2D eigenvalue weighted by molar-refractivity contribution is -0.0542. The van der Waals surface area contributed by atoms with Crippen molar-refractivity contribution in [2.24, 2.45) is 0 Å². The molecular formula is C22H15BrN3O2.